The Hall–Kier alpha value is -0.460. The van der Waals surface area contributed by atoms with Crippen LogP contribution in [0.1, 0.15) is 32.4 Å². The smallest absolute Gasteiger partial charge is 0.213 e. The predicted molar refractivity (Wildman–Crippen MR) is 75.8 cm³/mol. The fourth-order valence-corrected chi connectivity index (χ4v) is 3.52. The van der Waals surface area contributed by atoms with E-state index in [2.05, 4.69) is 20.9 Å². The monoisotopic (exact) mass is 332 g/mol. The van der Waals surface area contributed by atoms with E-state index in [-0.39, 0.29) is 10.8 Å². The fourth-order valence-electron chi connectivity index (χ4n) is 1.71. The molecule has 1 unspecified atom stereocenters. The SMILES string of the molecule is COc1cc([C@@H]2CN2[S@](=O)C(C)(C)C)c(Br)cn1. The molecule has 3 atom stereocenters. The molecule has 1 aliphatic heterocycles. The molecule has 2 heterocycles. The molecule has 2 rings (SSSR count). The highest BCUT2D eigenvalue weighted by atomic mass is 79.9. The minimum absolute atomic E-state index is 0.191. The molecule has 18 heavy (non-hydrogen) atoms. The third-order valence-corrected chi connectivity index (χ3v) is 5.27. The zero-order valence-electron chi connectivity index (χ0n) is 10.9. The van der Waals surface area contributed by atoms with Gasteiger partial charge in [0.1, 0.15) is 11.0 Å². The van der Waals surface area contributed by atoms with Gasteiger partial charge in [0, 0.05) is 23.3 Å². The second-order valence-corrected chi connectivity index (χ2v) is 8.27. The molecule has 0 radical (unpaired) electrons. The molecule has 4 nitrogen and oxygen atoms in total. The van der Waals surface area contributed by atoms with E-state index in [0.717, 1.165) is 16.6 Å². The summed E-state index contributed by atoms with van der Waals surface area (Å²) < 4.78 is 20.1. The standard InChI is InChI=1S/C12H17BrN2O2S/c1-12(2,3)18(16)15-7-10(15)8-5-11(17-4)14-6-9(8)13/h5-6,10H,7H2,1-4H3/t10-,15?,18+/m0/s1. The summed E-state index contributed by atoms with van der Waals surface area (Å²) in [5, 5.41) is 0. The quantitative estimate of drug-likeness (QED) is 0.799. The van der Waals surface area contributed by atoms with Crippen LogP contribution in [-0.2, 0) is 11.0 Å². The highest BCUT2D eigenvalue weighted by Crippen LogP contribution is 2.42. The van der Waals surface area contributed by atoms with Crippen molar-refractivity contribution in [1.29, 1.82) is 0 Å². The van der Waals surface area contributed by atoms with Crippen LogP contribution in [0.5, 0.6) is 5.88 Å². The average molecular weight is 333 g/mol. The molecule has 6 heteroatoms. The minimum atomic E-state index is -0.974. The second kappa shape index (κ2) is 4.90. The largest absolute Gasteiger partial charge is 0.481 e. The van der Waals surface area contributed by atoms with E-state index in [1.165, 1.54) is 0 Å². The van der Waals surface area contributed by atoms with Gasteiger partial charge in [-0.25, -0.2) is 13.5 Å². The molecule has 0 spiro atoms. The van der Waals surface area contributed by atoms with Gasteiger partial charge in [0.05, 0.1) is 17.9 Å². The van der Waals surface area contributed by atoms with Gasteiger partial charge < -0.3 is 4.74 Å². The lowest BCUT2D eigenvalue weighted by atomic mass is 10.2. The van der Waals surface area contributed by atoms with Gasteiger partial charge in [-0.15, -0.1) is 0 Å². The van der Waals surface area contributed by atoms with Gasteiger partial charge in [-0.3, -0.25) is 0 Å². The molecule has 0 amide bonds. The van der Waals surface area contributed by atoms with Crippen LogP contribution >= 0.6 is 15.9 Å². The molecule has 0 aliphatic carbocycles. The maximum Gasteiger partial charge on any atom is 0.213 e. The van der Waals surface area contributed by atoms with Gasteiger partial charge in [-0.2, -0.15) is 0 Å². The van der Waals surface area contributed by atoms with Crippen LogP contribution in [0.25, 0.3) is 0 Å². The average Bonchev–Trinajstić information content (AvgIpc) is 3.07. The first-order chi connectivity index (χ1) is 8.34. The Labute approximate surface area is 118 Å². The number of methoxy groups -OCH3 is 1. The molecule has 0 saturated carbocycles. The number of ether oxygens (including phenoxy) is 1. The molecule has 1 aromatic heterocycles. The number of rotatable bonds is 3. The highest BCUT2D eigenvalue weighted by Gasteiger charge is 2.44. The van der Waals surface area contributed by atoms with Crippen molar-refractivity contribution in [2.75, 3.05) is 13.7 Å². The molecule has 0 bridgehead atoms. The summed E-state index contributed by atoms with van der Waals surface area (Å²) >= 11 is 3.48. The van der Waals surface area contributed by atoms with E-state index in [1.807, 2.05) is 31.1 Å². The topological polar surface area (TPSA) is 42.2 Å². The van der Waals surface area contributed by atoms with E-state index in [1.54, 1.807) is 13.3 Å². The molecular weight excluding hydrogens is 316 g/mol. The van der Waals surface area contributed by atoms with Crippen LogP contribution in [0.2, 0.25) is 0 Å². The summed E-state index contributed by atoms with van der Waals surface area (Å²) in [6.45, 7) is 6.78. The Morgan fingerprint density at radius 1 is 1.56 bits per heavy atom. The van der Waals surface area contributed by atoms with Crippen LogP contribution in [-0.4, -0.2) is 31.9 Å². The predicted octanol–water partition coefficient (Wildman–Crippen LogP) is 2.67. The van der Waals surface area contributed by atoms with Gasteiger partial charge in [-0.1, -0.05) is 0 Å². The van der Waals surface area contributed by atoms with Gasteiger partial charge in [0.25, 0.3) is 0 Å². The van der Waals surface area contributed by atoms with Crippen molar-refractivity contribution in [2.45, 2.75) is 31.6 Å². The third-order valence-electron chi connectivity index (χ3n) is 2.73. The number of hydrogen-bond acceptors (Lipinski definition) is 3. The van der Waals surface area contributed by atoms with Crippen LogP contribution in [0, 0.1) is 0 Å². The second-order valence-electron chi connectivity index (χ2n) is 5.23. The zero-order valence-corrected chi connectivity index (χ0v) is 13.3. The Balaban J connectivity index is 2.19. The molecular formula is C12H17BrN2O2S. The highest BCUT2D eigenvalue weighted by molar-refractivity contribution is 9.10. The normalized spacial score (nSPS) is 24.7. The summed E-state index contributed by atoms with van der Waals surface area (Å²) in [4.78, 5) is 4.12. The van der Waals surface area contributed by atoms with Gasteiger partial charge in [0.2, 0.25) is 5.88 Å². The molecule has 100 valence electrons. The van der Waals surface area contributed by atoms with Crippen molar-refractivity contribution in [3.8, 4) is 5.88 Å². The van der Waals surface area contributed by atoms with Gasteiger partial charge in [0.15, 0.2) is 0 Å². The summed E-state index contributed by atoms with van der Waals surface area (Å²) in [5.74, 6) is 0.585. The lowest BCUT2D eigenvalue weighted by Crippen LogP contribution is -2.27. The van der Waals surface area contributed by atoms with E-state index < -0.39 is 11.0 Å². The van der Waals surface area contributed by atoms with Crippen LogP contribution in [0.15, 0.2) is 16.7 Å². The van der Waals surface area contributed by atoms with E-state index in [9.17, 15) is 4.21 Å². The van der Waals surface area contributed by atoms with Crippen molar-refractivity contribution in [2.24, 2.45) is 0 Å². The maximum atomic E-state index is 12.3. The van der Waals surface area contributed by atoms with Crippen molar-refractivity contribution in [1.82, 2.24) is 9.29 Å². The Kier molecular flexibility index (Phi) is 3.80. The molecule has 1 fully saturated rings. The summed E-state index contributed by atoms with van der Waals surface area (Å²) in [6, 6.07) is 2.09. The fraction of sp³-hybridized carbons (Fsp3) is 0.583. The Bertz CT molecular complexity index is 487. The van der Waals surface area contributed by atoms with Crippen molar-refractivity contribution in [3.63, 3.8) is 0 Å². The number of pyridine rings is 1. The van der Waals surface area contributed by atoms with E-state index in [0.29, 0.717) is 5.88 Å². The van der Waals surface area contributed by atoms with Crippen LogP contribution in [0.3, 0.4) is 0 Å². The zero-order chi connectivity index (χ0) is 13.5. The maximum absolute atomic E-state index is 12.3. The summed E-state index contributed by atoms with van der Waals surface area (Å²) in [7, 11) is 0.621. The number of halogens is 1. The first kappa shape index (κ1) is 14.0. The number of hydrogen-bond donors (Lipinski definition) is 0. The molecule has 1 saturated heterocycles. The van der Waals surface area contributed by atoms with Gasteiger partial charge in [-0.05, 0) is 42.3 Å². The number of aromatic nitrogens is 1. The first-order valence-corrected chi connectivity index (χ1v) is 7.62. The van der Waals surface area contributed by atoms with Gasteiger partial charge >= 0.3 is 0 Å². The Morgan fingerprint density at radius 3 is 2.78 bits per heavy atom. The third kappa shape index (κ3) is 2.75. The van der Waals surface area contributed by atoms with Crippen LogP contribution in [0.4, 0.5) is 0 Å². The minimum Gasteiger partial charge on any atom is -0.481 e. The van der Waals surface area contributed by atoms with E-state index >= 15 is 0 Å². The molecule has 0 aromatic carbocycles. The first-order valence-electron chi connectivity index (χ1n) is 5.72. The van der Waals surface area contributed by atoms with Crippen molar-refractivity contribution in [3.05, 3.63) is 22.3 Å². The Morgan fingerprint density at radius 2 is 2.22 bits per heavy atom. The lowest BCUT2D eigenvalue weighted by molar-refractivity contribution is 0.397. The summed E-state index contributed by atoms with van der Waals surface area (Å²) in [6.07, 6.45) is 1.73. The molecule has 1 aliphatic rings. The van der Waals surface area contributed by atoms with Crippen LogP contribution < -0.4 is 4.74 Å². The summed E-state index contributed by atoms with van der Waals surface area (Å²) in [5.41, 5.74) is 1.08. The van der Waals surface area contributed by atoms with Crippen molar-refractivity contribution >= 4 is 26.9 Å². The molecule has 1 aromatic rings. The van der Waals surface area contributed by atoms with Crippen molar-refractivity contribution < 1.29 is 8.95 Å². The molecule has 0 N–H and O–H groups in total. The van der Waals surface area contributed by atoms with E-state index in [4.69, 9.17) is 4.74 Å². The number of nitrogens with zero attached hydrogens (tertiary/aromatic N) is 2. The lowest BCUT2D eigenvalue weighted by Gasteiger charge is -2.18.